The van der Waals surface area contributed by atoms with Crippen LogP contribution in [0.5, 0.6) is 0 Å². The van der Waals surface area contributed by atoms with Crippen LogP contribution in [0.15, 0.2) is 94.9 Å². The first-order chi connectivity index (χ1) is 18.6. The van der Waals surface area contributed by atoms with Crippen molar-refractivity contribution in [3.05, 3.63) is 107 Å². The summed E-state index contributed by atoms with van der Waals surface area (Å²) < 4.78 is 2.26. The molecule has 0 aliphatic rings. The van der Waals surface area contributed by atoms with Gasteiger partial charge < -0.3 is 4.57 Å². The van der Waals surface area contributed by atoms with Gasteiger partial charge in [0, 0.05) is 41.3 Å². The fourth-order valence-corrected chi connectivity index (χ4v) is 4.97. The number of hydrogen-bond acceptors (Lipinski definition) is 2. The number of aromatic nitrogens is 1. The Morgan fingerprint density at radius 3 is 1.39 bits per heavy atom. The van der Waals surface area contributed by atoms with Crippen LogP contribution in [0, 0.1) is 0 Å². The van der Waals surface area contributed by atoms with E-state index < -0.39 is 0 Å². The number of unbranched alkanes of at least 4 members (excludes halogenated alkanes) is 2. The second-order valence-electron chi connectivity index (χ2n) is 10.2. The molecule has 0 aliphatic heterocycles. The SMILES string of the molecule is CCCCc1ccc(N=Cc2ccc3c(c2)c2cc(C=Nc4ccc(CCCC)cc4)ccc2n3C)cc1. The molecule has 0 saturated heterocycles. The third kappa shape index (κ3) is 5.94. The van der Waals surface area contributed by atoms with E-state index in [4.69, 9.17) is 9.98 Å². The van der Waals surface area contributed by atoms with Crippen LogP contribution < -0.4 is 0 Å². The number of benzene rings is 4. The highest BCUT2D eigenvalue weighted by Crippen LogP contribution is 2.29. The van der Waals surface area contributed by atoms with Crippen LogP contribution in [0.3, 0.4) is 0 Å². The lowest BCUT2D eigenvalue weighted by molar-refractivity contribution is 0.795. The van der Waals surface area contributed by atoms with Gasteiger partial charge in [0.05, 0.1) is 11.4 Å². The molecule has 5 rings (SSSR count). The Bertz CT molecular complexity index is 1450. The van der Waals surface area contributed by atoms with Crippen molar-refractivity contribution in [3.8, 4) is 0 Å². The molecule has 0 amide bonds. The highest BCUT2D eigenvalue weighted by atomic mass is 14.9. The largest absolute Gasteiger partial charge is 0.344 e. The summed E-state index contributed by atoms with van der Waals surface area (Å²) in [6, 6.07) is 30.4. The molecule has 0 unspecified atom stereocenters. The molecule has 3 nitrogen and oxygen atoms in total. The van der Waals surface area contributed by atoms with Crippen molar-refractivity contribution < 1.29 is 0 Å². The summed E-state index contributed by atoms with van der Waals surface area (Å²) in [6.07, 6.45) is 11.1. The van der Waals surface area contributed by atoms with E-state index in [1.807, 2.05) is 12.4 Å². The standard InChI is InChI=1S/C35H37N3/c1-4-6-8-26-10-16-30(17-11-26)36-24-28-14-20-34-32(22-28)33-23-29(15-21-35(33)38(34)3)25-37-31-18-12-27(13-19-31)9-7-5-2/h10-25H,4-9H2,1-3H3. The minimum atomic E-state index is 0.986. The first-order valence-corrected chi connectivity index (χ1v) is 13.9. The van der Waals surface area contributed by atoms with E-state index in [0.717, 1.165) is 35.3 Å². The molecule has 192 valence electrons. The van der Waals surface area contributed by atoms with Crippen molar-refractivity contribution in [2.24, 2.45) is 17.0 Å². The third-order valence-electron chi connectivity index (χ3n) is 7.29. The molecule has 0 spiro atoms. The third-order valence-corrected chi connectivity index (χ3v) is 7.29. The predicted octanol–water partition coefficient (Wildman–Crippen LogP) is 9.52. The maximum atomic E-state index is 4.74. The van der Waals surface area contributed by atoms with Gasteiger partial charge in [-0.05, 0) is 96.5 Å². The summed E-state index contributed by atoms with van der Waals surface area (Å²) in [7, 11) is 2.13. The van der Waals surface area contributed by atoms with Crippen LogP contribution in [0.1, 0.15) is 61.8 Å². The van der Waals surface area contributed by atoms with Gasteiger partial charge in [-0.2, -0.15) is 0 Å². The fourth-order valence-electron chi connectivity index (χ4n) is 4.97. The van der Waals surface area contributed by atoms with E-state index in [0.29, 0.717) is 0 Å². The molecule has 1 aromatic heterocycles. The molecule has 0 N–H and O–H groups in total. The quantitative estimate of drug-likeness (QED) is 0.171. The number of fused-ring (bicyclic) bond motifs is 3. The van der Waals surface area contributed by atoms with Gasteiger partial charge in [-0.25, -0.2) is 0 Å². The lowest BCUT2D eigenvalue weighted by Gasteiger charge is -2.01. The van der Waals surface area contributed by atoms with Crippen LogP contribution in [0.25, 0.3) is 21.8 Å². The van der Waals surface area contributed by atoms with Gasteiger partial charge in [0.2, 0.25) is 0 Å². The topological polar surface area (TPSA) is 29.6 Å². The Labute approximate surface area is 226 Å². The Morgan fingerprint density at radius 2 is 1.00 bits per heavy atom. The molecule has 0 fully saturated rings. The number of rotatable bonds is 10. The van der Waals surface area contributed by atoms with E-state index in [1.54, 1.807) is 0 Å². The van der Waals surface area contributed by atoms with Crippen molar-refractivity contribution >= 4 is 45.6 Å². The van der Waals surface area contributed by atoms with Gasteiger partial charge >= 0.3 is 0 Å². The molecule has 38 heavy (non-hydrogen) atoms. The van der Waals surface area contributed by atoms with Gasteiger partial charge in [-0.3, -0.25) is 9.98 Å². The fraction of sp³-hybridized carbons (Fsp3) is 0.257. The van der Waals surface area contributed by atoms with Crippen molar-refractivity contribution in [2.45, 2.75) is 52.4 Å². The number of hydrogen-bond donors (Lipinski definition) is 0. The zero-order valence-electron chi connectivity index (χ0n) is 22.8. The first kappa shape index (κ1) is 25.7. The van der Waals surface area contributed by atoms with E-state index >= 15 is 0 Å². The summed E-state index contributed by atoms with van der Waals surface area (Å²) in [4.78, 5) is 9.48. The van der Waals surface area contributed by atoms with E-state index in [-0.39, 0.29) is 0 Å². The Kier molecular flexibility index (Phi) is 8.13. The molecule has 5 aromatic rings. The molecule has 0 aliphatic carbocycles. The first-order valence-electron chi connectivity index (χ1n) is 13.9. The minimum Gasteiger partial charge on any atom is -0.344 e. The predicted molar refractivity (Wildman–Crippen MR) is 165 cm³/mol. The Balaban J connectivity index is 1.38. The second-order valence-corrected chi connectivity index (χ2v) is 10.2. The zero-order valence-corrected chi connectivity index (χ0v) is 22.8. The van der Waals surface area contributed by atoms with Gasteiger partial charge in [-0.15, -0.1) is 0 Å². The molecule has 4 aromatic carbocycles. The van der Waals surface area contributed by atoms with E-state index in [1.165, 1.54) is 58.6 Å². The van der Waals surface area contributed by atoms with Crippen molar-refractivity contribution in [2.75, 3.05) is 0 Å². The van der Waals surface area contributed by atoms with Gasteiger partial charge in [0.1, 0.15) is 0 Å². The molecule has 1 heterocycles. The average molecular weight is 500 g/mol. The molecule has 0 bridgehead atoms. The Hall–Kier alpha value is -3.98. The summed E-state index contributed by atoms with van der Waals surface area (Å²) in [5.74, 6) is 0. The van der Waals surface area contributed by atoms with Crippen LogP contribution in [0.2, 0.25) is 0 Å². The summed E-state index contributed by atoms with van der Waals surface area (Å²) >= 11 is 0. The highest BCUT2D eigenvalue weighted by Gasteiger charge is 2.09. The van der Waals surface area contributed by atoms with Crippen LogP contribution in [-0.4, -0.2) is 17.0 Å². The van der Waals surface area contributed by atoms with Crippen LogP contribution in [0.4, 0.5) is 11.4 Å². The lowest BCUT2D eigenvalue weighted by atomic mass is 10.1. The summed E-state index contributed by atoms with van der Waals surface area (Å²) in [5.41, 5.74) is 9.37. The maximum absolute atomic E-state index is 4.74. The van der Waals surface area contributed by atoms with Crippen LogP contribution in [-0.2, 0) is 19.9 Å². The zero-order chi connectivity index (χ0) is 26.3. The molecular formula is C35H37N3. The maximum Gasteiger partial charge on any atom is 0.0630 e. The minimum absolute atomic E-state index is 0.986. The lowest BCUT2D eigenvalue weighted by Crippen LogP contribution is -1.87. The Morgan fingerprint density at radius 1 is 0.579 bits per heavy atom. The van der Waals surface area contributed by atoms with Gasteiger partial charge in [0.25, 0.3) is 0 Å². The van der Waals surface area contributed by atoms with E-state index in [2.05, 4.69) is 110 Å². The van der Waals surface area contributed by atoms with Gasteiger partial charge in [0.15, 0.2) is 0 Å². The van der Waals surface area contributed by atoms with Crippen molar-refractivity contribution in [1.82, 2.24) is 4.57 Å². The van der Waals surface area contributed by atoms with Crippen LogP contribution >= 0.6 is 0 Å². The summed E-state index contributed by atoms with van der Waals surface area (Å²) in [5, 5.41) is 2.47. The normalized spacial score (nSPS) is 12.0. The molecule has 0 atom stereocenters. The second kappa shape index (κ2) is 12.0. The van der Waals surface area contributed by atoms with Crippen molar-refractivity contribution in [1.29, 1.82) is 0 Å². The molecular weight excluding hydrogens is 462 g/mol. The molecule has 0 saturated carbocycles. The number of nitrogens with zero attached hydrogens (tertiary/aromatic N) is 3. The number of aryl methyl sites for hydroxylation is 3. The smallest absolute Gasteiger partial charge is 0.0630 e. The number of aliphatic imine (C=N–C) groups is 2. The molecule has 3 heteroatoms. The molecule has 0 radical (unpaired) electrons. The van der Waals surface area contributed by atoms with E-state index in [9.17, 15) is 0 Å². The van der Waals surface area contributed by atoms with Gasteiger partial charge in [-0.1, -0.05) is 63.1 Å². The monoisotopic (exact) mass is 499 g/mol. The van der Waals surface area contributed by atoms with Crippen molar-refractivity contribution in [3.63, 3.8) is 0 Å². The average Bonchev–Trinajstić information content (AvgIpc) is 3.24. The summed E-state index contributed by atoms with van der Waals surface area (Å²) in [6.45, 7) is 4.46. The highest BCUT2D eigenvalue weighted by molar-refractivity contribution is 6.10.